The van der Waals surface area contributed by atoms with E-state index in [4.69, 9.17) is 4.74 Å². The Kier molecular flexibility index (Phi) is 4.22. The van der Waals surface area contributed by atoms with Crippen molar-refractivity contribution in [2.45, 2.75) is 13.0 Å². The van der Waals surface area contributed by atoms with Crippen LogP contribution in [-0.2, 0) is 22.6 Å². The van der Waals surface area contributed by atoms with Crippen molar-refractivity contribution in [2.24, 2.45) is 11.3 Å². The number of carbonyl (C=O) groups excluding carboxylic acids is 1. The van der Waals surface area contributed by atoms with Gasteiger partial charge < -0.3 is 19.3 Å². The molecule has 1 amide bonds. The number of carboxylic acids is 1. The second-order valence-electron chi connectivity index (χ2n) is 7.23. The van der Waals surface area contributed by atoms with Gasteiger partial charge in [-0.3, -0.25) is 14.4 Å². The molecule has 2 aliphatic heterocycles. The lowest BCUT2D eigenvalue weighted by molar-refractivity contribution is -0.151. The maximum atomic E-state index is 12.7. The minimum absolute atomic E-state index is 0.0696. The van der Waals surface area contributed by atoms with Crippen LogP contribution in [0.4, 0.5) is 0 Å². The summed E-state index contributed by atoms with van der Waals surface area (Å²) in [5.41, 5.74) is -0.314. The quantitative estimate of drug-likeness (QED) is 0.874. The van der Waals surface area contributed by atoms with Crippen molar-refractivity contribution >= 4 is 11.9 Å². The largest absolute Gasteiger partial charge is 0.493 e. The predicted molar refractivity (Wildman–Crippen MR) is 96.5 cm³/mol. The molecule has 3 heterocycles. The van der Waals surface area contributed by atoms with E-state index < -0.39 is 11.4 Å². The smallest absolute Gasteiger partial charge is 0.312 e. The van der Waals surface area contributed by atoms with Gasteiger partial charge in [-0.05, 0) is 18.1 Å². The normalized spacial score (nSPS) is 23.7. The Balaban J connectivity index is 1.57. The summed E-state index contributed by atoms with van der Waals surface area (Å²) >= 11 is 0. The van der Waals surface area contributed by atoms with Crippen LogP contribution in [0.25, 0.3) is 0 Å². The molecule has 1 N–H and O–H groups in total. The van der Waals surface area contributed by atoms with Gasteiger partial charge >= 0.3 is 5.97 Å². The average molecular weight is 368 g/mol. The molecule has 7 nitrogen and oxygen atoms in total. The summed E-state index contributed by atoms with van der Waals surface area (Å²) in [5, 5.41) is 10.0. The predicted octanol–water partition coefficient (Wildman–Crippen LogP) is 1.01. The van der Waals surface area contributed by atoms with Crippen molar-refractivity contribution in [2.75, 3.05) is 19.7 Å². The highest BCUT2D eigenvalue weighted by Gasteiger charge is 2.55. The lowest BCUT2D eigenvalue weighted by Gasteiger charge is -2.27. The fourth-order valence-electron chi connectivity index (χ4n) is 4.02. The molecule has 0 saturated carbocycles. The first-order valence-corrected chi connectivity index (χ1v) is 8.86. The van der Waals surface area contributed by atoms with Gasteiger partial charge in [-0.1, -0.05) is 18.2 Å². The average Bonchev–Trinajstić information content (AvgIpc) is 2.95. The standard InChI is InChI=1S/C20H20N2O5/c23-16-5-7-21(8-6-16)11-18(24)22-10-15-12-27-17-4-2-1-3-14(17)9-20(15,13-22)19(25)26/h1-8,15H,9-13H2,(H,25,26)/t15-,20+/m1/s1. The number of nitrogens with zero attached hydrogens (tertiary/aromatic N) is 2. The highest BCUT2D eigenvalue weighted by Crippen LogP contribution is 2.44. The van der Waals surface area contributed by atoms with E-state index >= 15 is 0 Å². The molecular formula is C20H20N2O5. The third-order valence-corrected chi connectivity index (χ3v) is 5.57. The van der Waals surface area contributed by atoms with Crippen molar-refractivity contribution in [3.05, 3.63) is 64.6 Å². The molecule has 0 aliphatic carbocycles. The van der Waals surface area contributed by atoms with Gasteiger partial charge in [-0.15, -0.1) is 0 Å². The van der Waals surface area contributed by atoms with Crippen LogP contribution in [0, 0.1) is 11.3 Å². The fourth-order valence-corrected chi connectivity index (χ4v) is 4.02. The summed E-state index contributed by atoms with van der Waals surface area (Å²) in [4.78, 5) is 37.8. The van der Waals surface area contributed by atoms with E-state index in [-0.39, 0.29) is 37.0 Å². The zero-order valence-electron chi connectivity index (χ0n) is 14.7. The monoisotopic (exact) mass is 368 g/mol. The second kappa shape index (κ2) is 6.57. The van der Waals surface area contributed by atoms with Gasteiger partial charge in [0.15, 0.2) is 5.43 Å². The molecule has 7 heteroatoms. The van der Waals surface area contributed by atoms with Gasteiger partial charge in [0.1, 0.15) is 12.3 Å². The van der Waals surface area contributed by atoms with Gasteiger partial charge in [-0.2, -0.15) is 0 Å². The number of likely N-dealkylation sites (tertiary alicyclic amines) is 1. The number of aliphatic carboxylic acids is 1. The zero-order valence-corrected chi connectivity index (χ0v) is 14.7. The number of hydrogen-bond donors (Lipinski definition) is 1. The van der Waals surface area contributed by atoms with Gasteiger partial charge in [0.2, 0.25) is 5.91 Å². The number of fused-ring (bicyclic) bond motifs is 2. The van der Waals surface area contributed by atoms with Crippen LogP contribution in [0.1, 0.15) is 5.56 Å². The minimum atomic E-state index is -1.05. The fraction of sp³-hybridized carbons (Fsp3) is 0.350. The number of carboxylic acid groups (broad SMARTS) is 1. The molecule has 4 rings (SSSR count). The SMILES string of the molecule is O=C(Cn1ccc(=O)cc1)N1C[C@@H]2COc3ccccc3C[C@]2(C(=O)O)C1. The Labute approximate surface area is 155 Å². The molecule has 0 spiro atoms. The van der Waals surface area contributed by atoms with E-state index in [0.717, 1.165) is 11.3 Å². The maximum Gasteiger partial charge on any atom is 0.312 e. The molecule has 1 fully saturated rings. The van der Waals surface area contributed by atoms with E-state index in [1.54, 1.807) is 21.9 Å². The second-order valence-corrected chi connectivity index (χ2v) is 7.23. The van der Waals surface area contributed by atoms with Crippen LogP contribution in [-0.4, -0.2) is 46.1 Å². The van der Waals surface area contributed by atoms with Crippen LogP contribution in [0.2, 0.25) is 0 Å². The number of ether oxygens (including phenoxy) is 1. The first-order valence-electron chi connectivity index (χ1n) is 8.86. The molecule has 2 aromatic rings. The Bertz CT molecular complexity index is 933. The Morgan fingerprint density at radius 1 is 1.19 bits per heavy atom. The first-order chi connectivity index (χ1) is 13.0. The highest BCUT2D eigenvalue weighted by atomic mass is 16.5. The zero-order chi connectivity index (χ0) is 19.0. The Morgan fingerprint density at radius 2 is 1.93 bits per heavy atom. The number of amides is 1. The maximum absolute atomic E-state index is 12.7. The van der Waals surface area contributed by atoms with E-state index in [0.29, 0.717) is 13.0 Å². The topological polar surface area (TPSA) is 88.8 Å². The number of rotatable bonds is 3. The van der Waals surface area contributed by atoms with E-state index in [9.17, 15) is 19.5 Å². The molecule has 140 valence electrons. The van der Waals surface area contributed by atoms with E-state index in [1.807, 2.05) is 24.3 Å². The Morgan fingerprint density at radius 3 is 2.67 bits per heavy atom. The molecular weight excluding hydrogens is 348 g/mol. The highest BCUT2D eigenvalue weighted by molar-refractivity contribution is 5.81. The van der Waals surface area contributed by atoms with Crippen LogP contribution in [0.3, 0.4) is 0 Å². The number of para-hydroxylation sites is 1. The molecule has 0 unspecified atom stereocenters. The van der Waals surface area contributed by atoms with Crippen LogP contribution in [0.5, 0.6) is 5.75 Å². The molecule has 1 aromatic carbocycles. The Hall–Kier alpha value is -3.09. The molecule has 0 radical (unpaired) electrons. The summed E-state index contributed by atoms with van der Waals surface area (Å²) in [5.74, 6) is -0.619. The van der Waals surface area contributed by atoms with Gasteiger partial charge in [-0.25, -0.2) is 0 Å². The summed E-state index contributed by atoms with van der Waals surface area (Å²) in [6.45, 7) is 0.842. The van der Waals surface area contributed by atoms with Gasteiger partial charge in [0, 0.05) is 43.5 Å². The van der Waals surface area contributed by atoms with Crippen LogP contribution in [0.15, 0.2) is 53.6 Å². The van der Waals surface area contributed by atoms with Crippen molar-refractivity contribution in [3.8, 4) is 5.75 Å². The van der Waals surface area contributed by atoms with Gasteiger partial charge in [0.25, 0.3) is 0 Å². The summed E-state index contributed by atoms with van der Waals surface area (Å²) in [6, 6.07) is 10.3. The van der Waals surface area contributed by atoms with Crippen LogP contribution < -0.4 is 10.2 Å². The molecule has 1 aromatic heterocycles. The van der Waals surface area contributed by atoms with Crippen molar-refractivity contribution in [1.29, 1.82) is 0 Å². The minimum Gasteiger partial charge on any atom is -0.493 e. The molecule has 1 saturated heterocycles. The summed E-state index contributed by atoms with van der Waals surface area (Å²) in [6.07, 6.45) is 3.45. The van der Waals surface area contributed by atoms with Gasteiger partial charge in [0.05, 0.1) is 12.0 Å². The number of hydrogen-bond acceptors (Lipinski definition) is 4. The number of benzene rings is 1. The summed E-state index contributed by atoms with van der Waals surface area (Å²) in [7, 11) is 0. The van der Waals surface area contributed by atoms with Crippen molar-refractivity contribution in [3.63, 3.8) is 0 Å². The van der Waals surface area contributed by atoms with E-state index in [1.165, 1.54) is 12.1 Å². The molecule has 2 aliphatic rings. The first kappa shape index (κ1) is 17.3. The number of carbonyl (C=O) groups is 2. The molecule has 0 bridgehead atoms. The third-order valence-electron chi connectivity index (χ3n) is 5.57. The third kappa shape index (κ3) is 3.09. The lowest BCUT2D eigenvalue weighted by atomic mass is 9.74. The van der Waals surface area contributed by atoms with E-state index in [2.05, 4.69) is 0 Å². The lowest BCUT2D eigenvalue weighted by Crippen LogP contribution is -2.42. The summed E-state index contributed by atoms with van der Waals surface area (Å²) < 4.78 is 7.48. The molecule has 27 heavy (non-hydrogen) atoms. The molecule has 2 atom stereocenters. The van der Waals surface area contributed by atoms with Crippen LogP contribution >= 0.6 is 0 Å². The number of pyridine rings is 1. The van der Waals surface area contributed by atoms with Crippen molar-refractivity contribution < 1.29 is 19.4 Å². The van der Waals surface area contributed by atoms with Crippen molar-refractivity contribution in [1.82, 2.24) is 9.47 Å². The number of aromatic nitrogens is 1.